The van der Waals surface area contributed by atoms with Crippen LogP contribution in [0.5, 0.6) is 0 Å². The number of carbonyl (C=O) groups is 1. The van der Waals surface area contributed by atoms with Crippen molar-refractivity contribution >= 4 is 33.1 Å². The molecule has 5 nitrogen and oxygen atoms in total. The third kappa shape index (κ3) is 3.76. The topological polar surface area (TPSA) is 64.2 Å². The fourth-order valence-corrected chi connectivity index (χ4v) is 2.90. The number of rotatable bonds is 5. The summed E-state index contributed by atoms with van der Waals surface area (Å²) < 4.78 is 6.89. The van der Waals surface area contributed by atoms with Crippen LogP contribution in [0, 0.1) is 0 Å². The van der Waals surface area contributed by atoms with Gasteiger partial charge in [0.25, 0.3) is 0 Å². The normalized spacial score (nSPS) is 10.9. The zero-order valence-electron chi connectivity index (χ0n) is 13.0. The first-order valence-electron chi connectivity index (χ1n) is 7.78. The van der Waals surface area contributed by atoms with Gasteiger partial charge in [0.05, 0.1) is 0 Å². The lowest BCUT2D eigenvalue weighted by molar-refractivity contribution is 0.241. The Morgan fingerprint density at radius 1 is 1.12 bits per heavy atom. The second-order valence-electron chi connectivity index (χ2n) is 5.49. The molecule has 0 bridgehead atoms. The first kappa shape index (κ1) is 16.5. The molecule has 0 fully saturated rings. The number of amides is 1. The number of oxazole rings is 1. The molecule has 1 heterocycles. The largest absolute Gasteiger partial charge is 0.428 e. The smallest absolute Gasteiger partial charge is 0.407 e. The molecule has 1 aromatic heterocycles. The molecule has 3 rings (SSSR count). The molecule has 6 heteroatoms. The molecule has 0 atom stereocenters. The lowest BCUT2D eigenvalue weighted by Gasteiger charge is -2.05. The van der Waals surface area contributed by atoms with Crippen LogP contribution in [-0.4, -0.2) is 17.1 Å². The molecule has 3 aromatic rings. The van der Waals surface area contributed by atoms with E-state index in [1.165, 1.54) is 5.56 Å². The van der Waals surface area contributed by atoms with Gasteiger partial charge in [0, 0.05) is 11.0 Å². The first-order chi connectivity index (χ1) is 11.6. The Bertz CT molecular complexity index is 900. The van der Waals surface area contributed by atoms with E-state index in [1.807, 2.05) is 18.2 Å². The van der Waals surface area contributed by atoms with Crippen LogP contribution in [0.15, 0.2) is 62.2 Å². The maximum atomic E-state index is 12.3. The molecule has 124 valence electrons. The minimum absolute atomic E-state index is 0.391. The Hall–Kier alpha value is -2.34. The van der Waals surface area contributed by atoms with Crippen LogP contribution < -0.4 is 11.1 Å². The molecule has 0 aliphatic rings. The minimum atomic E-state index is -0.676. The lowest BCUT2D eigenvalue weighted by Crippen LogP contribution is -2.34. The summed E-state index contributed by atoms with van der Waals surface area (Å²) in [5, 5.41) is 2.77. The van der Waals surface area contributed by atoms with Gasteiger partial charge < -0.3 is 9.73 Å². The molecule has 1 amide bonds. The summed E-state index contributed by atoms with van der Waals surface area (Å²) in [5.41, 5.74) is 2.13. The van der Waals surface area contributed by atoms with Crippen molar-refractivity contribution in [3.8, 4) is 0 Å². The molecule has 1 N–H and O–H groups in total. The fourth-order valence-electron chi connectivity index (χ4n) is 2.56. The van der Waals surface area contributed by atoms with E-state index in [-0.39, 0.29) is 0 Å². The van der Waals surface area contributed by atoms with Gasteiger partial charge >= 0.3 is 11.8 Å². The van der Waals surface area contributed by atoms with Gasteiger partial charge in [-0.2, -0.15) is 4.57 Å². The Kier molecular flexibility index (Phi) is 5.15. The maximum Gasteiger partial charge on any atom is 0.428 e. The monoisotopic (exact) mass is 388 g/mol. The third-order valence-corrected chi connectivity index (χ3v) is 4.25. The van der Waals surface area contributed by atoms with Gasteiger partial charge in [-0.15, -0.1) is 0 Å². The van der Waals surface area contributed by atoms with Crippen molar-refractivity contribution in [3.63, 3.8) is 0 Å². The van der Waals surface area contributed by atoms with E-state index in [0.717, 1.165) is 28.3 Å². The highest BCUT2D eigenvalue weighted by molar-refractivity contribution is 9.10. The van der Waals surface area contributed by atoms with Gasteiger partial charge in [0.15, 0.2) is 5.58 Å². The number of hydrogen-bond donors (Lipinski definition) is 1. The number of benzene rings is 2. The molecule has 0 spiro atoms. The summed E-state index contributed by atoms with van der Waals surface area (Å²) in [6.45, 7) is 0.513. The Labute approximate surface area is 147 Å². The van der Waals surface area contributed by atoms with Gasteiger partial charge in [-0.25, -0.2) is 9.59 Å². The molecular formula is C18H17BrN2O3. The second-order valence-corrected chi connectivity index (χ2v) is 6.41. The van der Waals surface area contributed by atoms with E-state index in [2.05, 4.69) is 33.4 Å². The number of carbonyl (C=O) groups excluding carboxylic acids is 1. The number of aromatic nitrogens is 1. The van der Waals surface area contributed by atoms with Gasteiger partial charge in [-0.05, 0) is 43.0 Å². The van der Waals surface area contributed by atoms with Crippen LogP contribution >= 0.6 is 15.9 Å². The molecule has 24 heavy (non-hydrogen) atoms. The molecule has 0 saturated heterocycles. The average molecular weight is 389 g/mol. The summed E-state index contributed by atoms with van der Waals surface area (Å²) in [6.07, 6.45) is 2.78. The first-order valence-corrected chi connectivity index (χ1v) is 8.58. The molecule has 0 saturated carbocycles. The molecule has 0 aliphatic carbocycles. The van der Waals surface area contributed by atoms with Crippen molar-refractivity contribution in [3.05, 3.63) is 69.1 Å². The highest BCUT2D eigenvalue weighted by Gasteiger charge is 2.15. The highest BCUT2D eigenvalue weighted by atomic mass is 79.9. The van der Waals surface area contributed by atoms with Crippen molar-refractivity contribution in [2.75, 3.05) is 6.54 Å². The van der Waals surface area contributed by atoms with Crippen LogP contribution in [0.4, 0.5) is 4.79 Å². The van der Waals surface area contributed by atoms with Crippen molar-refractivity contribution in [1.29, 1.82) is 0 Å². The molecule has 0 radical (unpaired) electrons. The zero-order valence-corrected chi connectivity index (χ0v) is 14.6. The summed E-state index contributed by atoms with van der Waals surface area (Å²) in [4.78, 5) is 24.1. The Morgan fingerprint density at radius 2 is 1.92 bits per heavy atom. The molecule has 0 aliphatic heterocycles. The Morgan fingerprint density at radius 3 is 2.71 bits per heavy atom. The van der Waals surface area contributed by atoms with Gasteiger partial charge in [0.1, 0.15) is 5.52 Å². The van der Waals surface area contributed by atoms with Crippen LogP contribution in [0.3, 0.4) is 0 Å². The number of aryl methyl sites for hydroxylation is 1. The van der Waals surface area contributed by atoms with Gasteiger partial charge in [0.2, 0.25) is 0 Å². The summed E-state index contributed by atoms with van der Waals surface area (Å²) in [7, 11) is 0. The summed E-state index contributed by atoms with van der Waals surface area (Å²) >= 11 is 3.33. The minimum Gasteiger partial charge on any atom is -0.407 e. The van der Waals surface area contributed by atoms with Crippen LogP contribution in [0.1, 0.15) is 18.4 Å². The predicted octanol–water partition coefficient (Wildman–Crippen LogP) is 3.94. The van der Waals surface area contributed by atoms with E-state index >= 15 is 0 Å². The van der Waals surface area contributed by atoms with Crippen molar-refractivity contribution in [2.24, 2.45) is 0 Å². The van der Waals surface area contributed by atoms with E-state index < -0.39 is 11.8 Å². The predicted molar refractivity (Wildman–Crippen MR) is 96.4 cm³/mol. The number of unbranched alkanes of at least 4 members (excludes halogenated alkanes) is 1. The van der Waals surface area contributed by atoms with E-state index in [1.54, 1.807) is 18.2 Å². The van der Waals surface area contributed by atoms with E-state index in [4.69, 9.17) is 4.42 Å². The number of hydrogen-bond acceptors (Lipinski definition) is 3. The van der Waals surface area contributed by atoms with Crippen molar-refractivity contribution in [1.82, 2.24) is 9.88 Å². The number of fused-ring (bicyclic) bond motifs is 1. The number of nitrogens with one attached hydrogen (secondary N) is 1. The number of halogens is 1. The highest BCUT2D eigenvalue weighted by Crippen LogP contribution is 2.18. The van der Waals surface area contributed by atoms with E-state index in [0.29, 0.717) is 17.6 Å². The quantitative estimate of drug-likeness (QED) is 0.673. The Balaban J connectivity index is 1.57. The van der Waals surface area contributed by atoms with Crippen molar-refractivity contribution < 1.29 is 9.21 Å². The van der Waals surface area contributed by atoms with Gasteiger partial charge in [-0.1, -0.05) is 46.3 Å². The average Bonchev–Trinajstić information content (AvgIpc) is 2.90. The van der Waals surface area contributed by atoms with Crippen LogP contribution in [0.2, 0.25) is 0 Å². The maximum absolute atomic E-state index is 12.3. The molecular weight excluding hydrogens is 372 g/mol. The summed E-state index contributed by atoms with van der Waals surface area (Å²) in [6, 6.07) is 14.9. The lowest BCUT2D eigenvalue weighted by atomic mass is 10.1. The number of nitrogens with zero attached hydrogens (tertiary/aromatic N) is 1. The zero-order chi connectivity index (χ0) is 16.9. The standard InChI is InChI=1S/C18H17BrN2O3/c19-14-9-10-16-15(12-14)21(18(23)24-16)17(22)20-11-5-4-8-13-6-2-1-3-7-13/h1-3,6-7,9-10,12H,4-5,8,11H2,(H,20,22). The van der Waals surface area contributed by atoms with E-state index in [9.17, 15) is 9.59 Å². The van der Waals surface area contributed by atoms with Crippen LogP contribution in [-0.2, 0) is 6.42 Å². The van der Waals surface area contributed by atoms with Crippen molar-refractivity contribution in [2.45, 2.75) is 19.3 Å². The van der Waals surface area contributed by atoms with Crippen LogP contribution in [0.25, 0.3) is 11.1 Å². The van der Waals surface area contributed by atoms with Gasteiger partial charge in [-0.3, -0.25) is 0 Å². The SMILES string of the molecule is O=C(NCCCCc1ccccc1)n1c(=O)oc2ccc(Br)cc21. The fraction of sp³-hybridized carbons (Fsp3) is 0.222. The summed E-state index contributed by atoms with van der Waals surface area (Å²) in [5.74, 6) is -0.676. The third-order valence-electron chi connectivity index (χ3n) is 3.76. The second kappa shape index (κ2) is 7.49. The molecule has 0 unspecified atom stereocenters. The molecule has 2 aromatic carbocycles.